The Hall–Kier alpha value is -0.570. The second-order valence-electron chi connectivity index (χ2n) is 15.6. The summed E-state index contributed by atoms with van der Waals surface area (Å²) in [6.45, 7) is 19.6. The Morgan fingerprint density at radius 2 is 1.10 bits per heavy atom. The van der Waals surface area contributed by atoms with Gasteiger partial charge in [0, 0.05) is 6.42 Å². The van der Waals surface area contributed by atoms with E-state index in [2.05, 4.69) is 41.5 Å². The molecule has 0 aliphatic carbocycles. The van der Waals surface area contributed by atoms with Crippen LogP contribution in [-0.4, -0.2) is 22.2 Å². The van der Waals surface area contributed by atoms with Gasteiger partial charge in [0.15, 0.2) is 5.78 Å². The predicted octanol–water partition coefficient (Wildman–Crippen LogP) is 11.9. The molecule has 0 aromatic carbocycles. The lowest BCUT2D eigenvalue weighted by atomic mass is 9.73. The highest BCUT2D eigenvalue weighted by Gasteiger charge is 2.37. The van der Waals surface area contributed by atoms with Crippen molar-refractivity contribution in [1.29, 1.82) is 0 Å². The van der Waals surface area contributed by atoms with Crippen molar-refractivity contribution < 1.29 is 14.7 Å². The fourth-order valence-corrected chi connectivity index (χ4v) is 6.72. The second-order valence-corrected chi connectivity index (χ2v) is 16.0. The maximum atomic E-state index is 12.9. The number of carboxylic acid groups (broad SMARTS) is 1. The Morgan fingerprint density at radius 1 is 0.650 bits per heavy atom. The molecule has 0 saturated carbocycles. The molecule has 0 aromatic rings. The van der Waals surface area contributed by atoms with Gasteiger partial charge in [-0.05, 0) is 60.7 Å². The van der Waals surface area contributed by atoms with Crippen LogP contribution in [0.3, 0.4) is 0 Å². The number of hydrogen-bond donors (Lipinski definition) is 1. The van der Waals surface area contributed by atoms with Crippen LogP contribution in [-0.2, 0) is 9.59 Å². The number of halogens is 1. The lowest BCUT2D eigenvalue weighted by Gasteiger charge is -2.34. The molecule has 0 rings (SSSR count). The van der Waals surface area contributed by atoms with Gasteiger partial charge in [0.05, 0.1) is 11.3 Å². The lowest BCUT2D eigenvalue weighted by Crippen LogP contribution is -2.36. The van der Waals surface area contributed by atoms with E-state index in [0.717, 1.165) is 31.6 Å². The van der Waals surface area contributed by atoms with E-state index in [4.69, 9.17) is 11.6 Å². The van der Waals surface area contributed by atoms with Crippen molar-refractivity contribution in [2.24, 2.45) is 34.5 Å². The van der Waals surface area contributed by atoms with E-state index in [0.29, 0.717) is 25.2 Å². The summed E-state index contributed by atoms with van der Waals surface area (Å²) in [6, 6.07) is 0. The SMILES string of the molecule is CC(C)CCCCCCCCCCCCCCC(=O)C(Cl)C(C)(C)CC(C)C(CCC(C)CC(C)(C)C)C(=O)O. The highest BCUT2D eigenvalue weighted by atomic mass is 35.5. The van der Waals surface area contributed by atoms with Gasteiger partial charge in [0.25, 0.3) is 0 Å². The Morgan fingerprint density at radius 3 is 1.52 bits per heavy atom. The number of unbranched alkanes of at least 4 members (excludes halogenated alkanes) is 11. The van der Waals surface area contributed by atoms with Crippen molar-refractivity contribution in [3.63, 3.8) is 0 Å². The maximum absolute atomic E-state index is 12.9. The number of ketones is 1. The van der Waals surface area contributed by atoms with Gasteiger partial charge in [-0.1, -0.05) is 139 Å². The van der Waals surface area contributed by atoms with Gasteiger partial charge in [-0.2, -0.15) is 0 Å². The second kappa shape index (κ2) is 21.2. The van der Waals surface area contributed by atoms with E-state index >= 15 is 0 Å². The largest absolute Gasteiger partial charge is 0.481 e. The first-order valence-electron chi connectivity index (χ1n) is 17.0. The number of carbonyl (C=O) groups is 2. The molecule has 0 saturated heterocycles. The predicted molar refractivity (Wildman–Crippen MR) is 175 cm³/mol. The van der Waals surface area contributed by atoms with Gasteiger partial charge < -0.3 is 5.11 Å². The molecule has 4 unspecified atom stereocenters. The van der Waals surface area contributed by atoms with Crippen LogP contribution in [0.5, 0.6) is 0 Å². The minimum Gasteiger partial charge on any atom is -0.481 e. The zero-order valence-electron chi connectivity index (χ0n) is 28.3. The standard InChI is InChI=1S/C36H69ClO3/c1-28(2)22-20-18-16-14-12-10-11-13-15-17-19-21-23-32(38)33(37)36(8,9)27-30(4)31(34(39)40)25-24-29(3)26-35(5,6)7/h28-31,33H,10-27H2,1-9H3,(H,39,40). The molecule has 0 heterocycles. The van der Waals surface area contributed by atoms with Gasteiger partial charge in [-0.15, -0.1) is 11.6 Å². The first-order chi connectivity index (χ1) is 18.6. The minimum atomic E-state index is -0.721. The fourth-order valence-electron chi connectivity index (χ4n) is 6.52. The third-order valence-corrected chi connectivity index (χ3v) is 9.54. The average molecular weight is 585 g/mol. The summed E-state index contributed by atoms with van der Waals surface area (Å²) in [4.78, 5) is 25.0. The Kier molecular flexibility index (Phi) is 20.9. The lowest BCUT2D eigenvalue weighted by molar-refractivity contribution is -0.144. The van der Waals surface area contributed by atoms with Crippen LogP contribution in [0.1, 0.15) is 178 Å². The highest BCUT2D eigenvalue weighted by molar-refractivity contribution is 6.31. The highest BCUT2D eigenvalue weighted by Crippen LogP contribution is 2.38. The van der Waals surface area contributed by atoms with Gasteiger partial charge in [-0.25, -0.2) is 0 Å². The van der Waals surface area contributed by atoms with E-state index in [1.165, 1.54) is 70.6 Å². The van der Waals surface area contributed by atoms with Crippen LogP contribution in [0.4, 0.5) is 0 Å². The topological polar surface area (TPSA) is 54.4 Å². The Bertz CT molecular complexity index is 663. The van der Waals surface area contributed by atoms with Gasteiger partial charge in [-0.3, -0.25) is 9.59 Å². The van der Waals surface area contributed by atoms with Crippen LogP contribution in [0.15, 0.2) is 0 Å². The summed E-state index contributed by atoms with van der Waals surface area (Å²) in [5.74, 6) is 0.331. The van der Waals surface area contributed by atoms with Crippen LogP contribution in [0.25, 0.3) is 0 Å². The van der Waals surface area contributed by atoms with Gasteiger partial charge in [0.2, 0.25) is 0 Å². The number of hydrogen-bond acceptors (Lipinski definition) is 2. The smallest absolute Gasteiger partial charge is 0.306 e. The molecule has 0 amide bonds. The summed E-state index contributed by atoms with van der Waals surface area (Å²) in [5.41, 5.74) is -0.165. The van der Waals surface area contributed by atoms with Crippen molar-refractivity contribution in [3.05, 3.63) is 0 Å². The van der Waals surface area contributed by atoms with Crippen molar-refractivity contribution in [2.45, 2.75) is 183 Å². The molecule has 1 N–H and O–H groups in total. The number of alkyl halides is 1. The molecule has 40 heavy (non-hydrogen) atoms. The molecule has 0 aliphatic rings. The zero-order valence-corrected chi connectivity index (χ0v) is 29.0. The first-order valence-corrected chi connectivity index (χ1v) is 17.4. The molecular formula is C36H69ClO3. The van der Waals surface area contributed by atoms with Gasteiger partial charge in [0.1, 0.15) is 0 Å². The molecular weight excluding hydrogens is 516 g/mol. The summed E-state index contributed by atoms with van der Waals surface area (Å²) in [6.07, 6.45) is 20.7. The number of carboxylic acids is 1. The van der Waals surface area contributed by atoms with Gasteiger partial charge >= 0.3 is 5.97 Å². The van der Waals surface area contributed by atoms with E-state index in [1.54, 1.807) is 0 Å². The van der Waals surface area contributed by atoms with E-state index < -0.39 is 22.7 Å². The van der Waals surface area contributed by atoms with Crippen molar-refractivity contribution in [2.75, 3.05) is 0 Å². The maximum Gasteiger partial charge on any atom is 0.306 e. The van der Waals surface area contributed by atoms with Crippen molar-refractivity contribution in [1.82, 2.24) is 0 Å². The van der Waals surface area contributed by atoms with Crippen LogP contribution >= 0.6 is 11.6 Å². The van der Waals surface area contributed by atoms with Crippen LogP contribution in [0, 0.1) is 34.5 Å². The number of carbonyl (C=O) groups excluding carboxylic acids is 1. The minimum absolute atomic E-state index is 0.0201. The molecule has 238 valence electrons. The quantitative estimate of drug-likeness (QED) is 0.0857. The monoisotopic (exact) mass is 584 g/mol. The molecule has 4 heteroatoms. The van der Waals surface area contributed by atoms with Crippen molar-refractivity contribution >= 4 is 23.4 Å². The van der Waals surface area contributed by atoms with Crippen molar-refractivity contribution in [3.8, 4) is 0 Å². The average Bonchev–Trinajstić information content (AvgIpc) is 2.81. The summed E-state index contributed by atoms with van der Waals surface area (Å²) >= 11 is 6.72. The summed E-state index contributed by atoms with van der Waals surface area (Å²) < 4.78 is 0. The molecule has 0 aromatic heterocycles. The Balaban J connectivity index is 4.21. The third-order valence-electron chi connectivity index (χ3n) is 8.71. The van der Waals surface area contributed by atoms with Crippen LogP contribution < -0.4 is 0 Å². The Labute approximate surface area is 255 Å². The molecule has 0 spiro atoms. The molecule has 0 aliphatic heterocycles. The molecule has 0 fully saturated rings. The summed E-state index contributed by atoms with van der Waals surface area (Å²) in [7, 11) is 0. The zero-order chi connectivity index (χ0) is 30.8. The number of Topliss-reactive ketones (excluding diaryl/α,β-unsaturated/α-hetero) is 1. The summed E-state index contributed by atoms with van der Waals surface area (Å²) in [5, 5.41) is 9.38. The molecule has 4 atom stereocenters. The van der Waals surface area contributed by atoms with E-state index in [9.17, 15) is 14.7 Å². The molecule has 0 bridgehead atoms. The van der Waals surface area contributed by atoms with E-state index in [1.807, 2.05) is 20.8 Å². The molecule has 3 nitrogen and oxygen atoms in total. The number of rotatable bonds is 25. The van der Waals surface area contributed by atoms with Crippen LogP contribution in [0.2, 0.25) is 0 Å². The number of aliphatic carboxylic acids is 1. The fraction of sp³-hybridized carbons (Fsp3) is 0.944. The molecule has 0 radical (unpaired) electrons. The first kappa shape index (κ1) is 39.4. The third kappa shape index (κ3) is 20.3. The normalized spacial score (nSPS) is 15.7. The van der Waals surface area contributed by atoms with E-state index in [-0.39, 0.29) is 17.1 Å².